The van der Waals surface area contributed by atoms with E-state index in [9.17, 15) is 4.79 Å². The molecule has 5 nitrogen and oxygen atoms in total. The Morgan fingerprint density at radius 1 is 1.23 bits per heavy atom. The van der Waals surface area contributed by atoms with Crippen LogP contribution in [0.4, 0.5) is 0 Å². The lowest BCUT2D eigenvalue weighted by molar-refractivity contribution is -0.133. The van der Waals surface area contributed by atoms with Gasteiger partial charge >= 0.3 is 0 Å². The van der Waals surface area contributed by atoms with Crippen molar-refractivity contribution < 1.29 is 4.79 Å². The van der Waals surface area contributed by atoms with Gasteiger partial charge in [0.25, 0.3) is 0 Å². The number of amides is 1. The molecule has 3 rings (SSSR count). The molecule has 144 valence electrons. The highest BCUT2D eigenvalue weighted by atomic mass is 35.5. The Labute approximate surface area is 167 Å². The predicted octanol–water partition coefficient (Wildman–Crippen LogP) is 3.02. The highest BCUT2D eigenvalue weighted by Crippen LogP contribution is 2.28. The number of aryl methyl sites for hydroxylation is 1. The molecule has 1 aromatic heterocycles. The van der Waals surface area contributed by atoms with E-state index >= 15 is 0 Å². The topological polar surface area (TPSA) is 64.2 Å². The van der Waals surface area contributed by atoms with Crippen LogP contribution in [0.5, 0.6) is 0 Å². The van der Waals surface area contributed by atoms with Gasteiger partial charge < -0.3 is 10.6 Å². The summed E-state index contributed by atoms with van der Waals surface area (Å²) in [6, 6.07) is 9.52. The van der Waals surface area contributed by atoms with Crippen molar-refractivity contribution >= 4 is 30.7 Å². The van der Waals surface area contributed by atoms with Crippen LogP contribution in [-0.2, 0) is 17.8 Å². The highest BCUT2D eigenvalue weighted by Gasteiger charge is 2.27. The van der Waals surface area contributed by atoms with Crippen molar-refractivity contribution in [3.8, 4) is 0 Å². The molecule has 7 heteroatoms. The number of aromatic nitrogens is 2. The van der Waals surface area contributed by atoms with Crippen LogP contribution in [0.1, 0.15) is 36.8 Å². The lowest BCUT2D eigenvalue weighted by Crippen LogP contribution is -2.47. The molecular weight excluding hydrogens is 371 g/mol. The molecule has 1 aromatic carbocycles. The molecule has 0 saturated carbocycles. The molecule has 0 aliphatic carbocycles. The number of nitrogens with zero attached hydrogens (tertiary/aromatic N) is 3. The molecular formula is C19H28Cl2N4O. The van der Waals surface area contributed by atoms with Crippen LogP contribution in [0.25, 0.3) is 0 Å². The van der Waals surface area contributed by atoms with E-state index in [2.05, 4.69) is 18.2 Å². The molecule has 26 heavy (non-hydrogen) atoms. The standard InChI is InChI=1S/C19H26N4O.2ClH/c1-2-23-14-17(13-21-23)16-8-10-22(11-9-16)19(24)18(20)12-15-6-4-3-5-7-15;;/h3-7,13-14,16,18H,2,8-12,20H2,1H3;2*1H. The maximum atomic E-state index is 12.6. The number of halogens is 2. The van der Waals surface area contributed by atoms with Gasteiger partial charge in [0, 0.05) is 25.8 Å². The lowest BCUT2D eigenvalue weighted by atomic mass is 9.91. The molecule has 1 unspecified atom stereocenters. The van der Waals surface area contributed by atoms with Crippen molar-refractivity contribution in [3.63, 3.8) is 0 Å². The van der Waals surface area contributed by atoms with E-state index in [1.54, 1.807) is 0 Å². The summed E-state index contributed by atoms with van der Waals surface area (Å²) < 4.78 is 1.96. The molecule has 2 N–H and O–H groups in total. The fraction of sp³-hybridized carbons (Fsp3) is 0.474. The smallest absolute Gasteiger partial charge is 0.239 e. The maximum Gasteiger partial charge on any atom is 0.239 e. The number of hydrogen-bond donors (Lipinski definition) is 1. The zero-order valence-electron chi connectivity index (χ0n) is 15.1. The first-order chi connectivity index (χ1) is 11.7. The summed E-state index contributed by atoms with van der Waals surface area (Å²) in [5.74, 6) is 0.571. The molecule has 2 aromatic rings. The van der Waals surface area contributed by atoms with E-state index < -0.39 is 6.04 Å². The Balaban J connectivity index is 0.00000169. The maximum absolute atomic E-state index is 12.6. The summed E-state index contributed by atoms with van der Waals surface area (Å²) in [4.78, 5) is 14.5. The average Bonchev–Trinajstić information content (AvgIpc) is 3.11. The third-order valence-corrected chi connectivity index (χ3v) is 4.87. The fourth-order valence-electron chi connectivity index (χ4n) is 3.39. The Kier molecular flexibility index (Phi) is 9.13. The van der Waals surface area contributed by atoms with Crippen LogP contribution in [0.15, 0.2) is 42.7 Å². The molecule has 1 fully saturated rings. The van der Waals surface area contributed by atoms with E-state index in [0.29, 0.717) is 12.3 Å². The van der Waals surface area contributed by atoms with Gasteiger partial charge in [0.1, 0.15) is 0 Å². The Bertz CT molecular complexity index is 669. The van der Waals surface area contributed by atoms with Crippen molar-refractivity contribution in [2.45, 2.75) is 44.7 Å². The summed E-state index contributed by atoms with van der Waals surface area (Å²) in [6.07, 6.45) is 6.66. The summed E-state index contributed by atoms with van der Waals surface area (Å²) in [6.45, 7) is 4.55. The molecule has 1 aliphatic heterocycles. The Morgan fingerprint density at radius 3 is 2.46 bits per heavy atom. The Hall–Kier alpha value is -1.56. The second kappa shape index (κ2) is 10.6. The fourth-order valence-corrected chi connectivity index (χ4v) is 3.39. The number of rotatable bonds is 5. The average molecular weight is 399 g/mol. The van der Waals surface area contributed by atoms with Crippen molar-refractivity contribution in [1.29, 1.82) is 0 Å². The third kappa shape index (κ3) is 5.47. The first-order valence-corrected chi connectivity index (χ1v) is 8.78. The first-order valence-electron chi connectivity index (χ1n) is 8.78. The molecule has 2 heterocycles. The van der Waals surface area contributed by atoms with Crippen LogP contribution >= 0.6 is 24.8 Å². The van der Waals surface area contributed by atoms with Gasteiger partial charge in [0.2, 0.25) is 5.91 Å². The number of benzene rings is 1. The van der Waals surface area contributed by atoms with E-state index in [1.807, 2.05) is 46.1 Å². The van der Waals surface area contributed by atoms with Gasteiger partial charge in [0.15, 0.2) is 0 Å². The van der Waals surface area contributed by atoms with Crippen LogP contribution < -0.4 is 5.73 Å². The second-order valence-electron chi connectivity index (χ2n) is 6.53. The van der Waals surface area contributed by atoms with Crippen molar-refractivity contribution in [2.24, 2.45) is 5.73 Å². The highest BCUT2D eigenvalue weighted by molar-refractivity contribution is 5.85. The molecule has 0 spiro atoms. The zero-order chi connectivity index (χ0) is 16.9. The third-order valence-electron chi connectivity index (χ3n) is 4.87. The molecule has 1 amide bonds. The van der Waals surface area contributed by atoms with E-state index in [0.717, 1.165) is 38.0 Å². The number of piperidine rings is 1. The van der Waals surface area contributed by atoms with Gasteiger partial charge in [-0.3, -0.25) is 9.48 Å². The van der Waals surface area contributed by atoms with E-state index in [4.69, 9.17) is 5.73 Å². The van der Waals surface area contributed by atoms with E-state index in [1.165, 1.54) is 5.56 Å². The molecule has 0 bridgehead atoms. The summed E-state index contributed by atoms with van der Waals surface area (Å²) >= 11 is 0. The predicted molar refractivity (Wildman–Crippen MR) is 109 cm³/mol. The quantitative estimate of drug-likeness (QED) is 0.841. The minimum Gasteiger partial charge on any atom is -0.341 e. The minimum atomic E-state index is -0.452. The van der Waals surface area contributed by atoms with Gasteiger partial charge in [-0.1, -0.05) is 30.3 Å². The van der Waals surface area contributed by atoms with Gasteiger partial charge in [-0.25, -0.2) is 0 Å². The van der Waals surface area contributed by atoms with Gasteiger partial charge in [-0.2, -0.15) is 5.10 Å². The summed E-state index contributed by atoms with van der Waals surface area (Å²) in [5.41, 5.74) is 8.54. The van der Waals surface area contributed by atoms with Crippen LogP contribution in [0.3, 0.4) is 0 Å². The monoisotopic (exact) mass is 398 g/mol. The normalized spacial score (nSPS) is 15.7. The minimum absolute atomic E-state index is 0. The number of nitrogens with two attached hydrogens (primary N) is 1. The largest absolute Gasteiger partial charge is 0.341 e. The van der Waals surface area contributed by atoms with Crippen molar-refractivity contribution in [3.05, 3.63) is 53.9 Å². The second-order valence-corrected chi connectivity index (χ2v) is 6.53. The van der Waals surface area contributed by atoms with Crippen LogP contribution in [0.2, 0.25) is 0 Å². The van der Waals surface area contributed by atoms with Gasteiger partial charge in [-0.05, 0) is 43.2 Å². The van der Waals surface area contributed by atoms with Crippen molar-refractivity contribution in [2.75, 3.05) is 13.1 Å². The number of carbonyl (C=O) groups excluding carboxylic acids is 1. The number of hydrogen-bond acceptors (Lipinski definition) is 3. The first kappa shape index (κ1) is 22.5. The van der Waals surface area contributed by atoms with Gasteiger partial charge in [0.05, 0.1) is 12.2 Å². The molecule has 1 saturated heterocycles. The lowest BCUT2D eigenvalue weighted by Gasteiger charge is -2.33. The SMILES string of the molecule is CCn1cc(C2CCN(C(=O)C(N)Cc3ccccc3)CC2)cn1.Cl.Cl. The summed E-state index contributed by atoms with van der Waals surface area (Å²) in [5, 5.41) is 4.36. The Morgan fingerprint density at radius 2 is 1.88 bits per heavy atom. The van der Waals surface area contributed by atoms with Crippen LogP contribution in [-0.4, -0.2) is 39.7 Å². The molecule has 1 aliphatic rings. The number of carbonyl (C=O) groups is 1. The van der Waals surface area contributed by atoms with Crippen LogP contribution in [0, 0.1) is 0 Å². The summed E-state index contributed by atoms with van der Waals surface area (Å²) in [7, 11) is 0. The molecule has 1 atom stereocenters. The van der Waals surface area contributed by atoms with E-state index in [-0.39, 0.29) is 30.7 Å². The number of likely N-dealkylation sites (tertiary alicyclic amines) is 1. The van der Waals surface area contributed by atoms with Gasteiger partial charge in [-0.15, -0.1) is 24.8 Å². The van der Waals surface area contributed by atoms with Crippen molar-refractivity contribution in [1.82, 2.24) is 14.7 Å². The molecule has 0 radical (unpaired) electrons. The zero-order valence-corrected chi connectivity index (χ0v) is 16.7.